The Morgan fingerprint density at radius 3 is 2.71 bits per heavy atom. The smallest absolute Gasteiger partial charge is 0.335 e. The molecule has 0 aliphatic heterocycles. The summed E-state index contributed by atoms with van der Waals surface area (Å²) in [5.74, 6) is -1.16. The summed E-state index contributed by atoms with van der Waals surface area (Å²) in [6.07, 6.45) is 0. The molecule has 2 aromatic rings. The summed E-state index contributed by atoms with van der Waals surface area (Å²) < 4.78 is 26.1. The molecule has 0 spiro atoms. The van der Waals surface area contributed by atoms with Gasteiger partial charge in [-0.1, -0.05) is 6.07 Å². The molecule has 0 atom stereocenters. The third kappa shape index (κ3) is 3.29. The van der Waals surface area contributed by atoms with E-state index < -0.39 is 16.0 Å². The van der Waals surface area contributed by atoms with Crippen LogP contribution < -0.4 is 0 Å². The van der Waals surface area contributed by atoms with Crippen molar-refractivity contribution < 1.29 is 18.3 Å². The maximum atomic E-state index is 12.5. The lowest BCUT2D eigenvalue weighted by atomic mass is 10.2. The Morgan fingerprint density at radius 1 is 1.43 bits per heavy atom. The highest BCUT2D eigenvalue weighted by molar-refractivity contribution is 7.89. The first-order valence-corrected chi connectivity index (χ1v) is 8.33. The fourth-order valence-electron chi connectivity index (χ4n) is 1.73. The second kappa shape index (κ2) is 5.92. The zero-order valence-corrected chi connectivity index (χ0v) is 13.1. The van der Waals surface area contributed by atoms with Crippen LogP contribution in [-0.4, -0.2) is 35.8 Å². The van der Waals surface area contributed by atoms with Gasteiger partial charge in [-0.2, -0.15) is 4.31 Å². The Labute approximate surface area is 126 Å². The number of carboxylic acids is 1. The molecule has 2 rings (SSSR count). The van der Waals surface area contributed by atoms with Crippen LogP contribution in [0.15, 0.2) is 34.7 Å². The Morgan fingerprint density at radius 2 is 2.14 bits per heavy atom. The van der Waals surface area contributed by atoms with Crippen LogP contribution in [0.1, 0.15) is 20.9 Å². The summed E-state index contributed by atoms with van der Waals surface area (Å²) in [6, 6.07) is 5.32. The molecule has 0 saturated heterocycles. The maximum Gasteiger partial charge on any atom is 0.335 e. The van der Waals surface area contributed by atoms with Crippen molar-refractivity contribution in [1.82, 2.24) is 9.29 Å². The monoisotopic (exact) mass is 326 g/mol. The number of nitrogens with zero attached hydrogens (tertiary/aromatic N) is 2. The summed E-state index contributed by atoms with van der Waals surface area (Å²) >= 11 is 1.39. The van der Waals surface area contributed by atoms with Crippen LogP contribution in [0, 0.1) is 6.92 Å². The van der Waals surface area contributed by atoms with Gasteiger partial charge in [-0.15, -0.1) is 11.3 Å². The van der Waals surface area contributed by atoms with Gasteiger partial charge in [-0.05, 0) is 25.1 Å². The zero-order chi connectivity index (χ0) is 15.6. The van der Waals surface area contributed by atoms with Crippen molar-refractivity contribution in [2.24, 2.45) is 0 Å². The van der Waals surface area contributed by atoms with Crippen LogP contribution in [0.25, 0.3) is 0 Å². The molecule has 1 aromatic carbocycles. The molecule has 1 aromatic heterocycles. The van der Waals surface area contributed by atoms with Crippen LogP contribution >= 0.6 is 11.3 Å². The lowest BCUT2D eigenvalue weighted by molar-refractivity contribution is 0.0696. The zero-order valence-electron chi connectivity index (χ0n) is 11.5. The number of aromatic carboxylic acids is 1. The lowest BCUT2D eigenvalue weighted by Crippen LogP contribution is -2.26. The lowest BCUT2D eigenvalue weighted by Gasteiger charge is -2.17. The summed E-state index contributed by atoms with van der Waals surface area (Å²) in [5, 5.41) is 8.94. The van der Waals surface area contributed by atoms with Crippen LogP contribution in [0.2, 0.25) is 0 Å². The van der Waals surface area contributed by atoms with Crippen LogP contribution in [-0.2, 0) is 16.6 Å². The molecule has 0 saturated carbocycles. The van der Waals surface area contributed by atoms with E-state index in [4.69, 9.17) is 5.11 Å². The highest BCUT2D eigenvalue weighted by atomic mass is 32.2. The molecule has 0 unspecified atom stereocenters. The predicted molar refractivity (Wildman–Crippen MR) is 78.9 cm³/mol. The van der Waals surface area contributed by atoms with Gasteiger partial charge in [-0.25, -0.2) is 18.2 Å². The molecule has 0 aliphatic rings. The number of aryl methyl sites for hydroxylation is 1. The number of hydrogen-bond donors (Lipinski definition) is 1. The Hall–Kier alpha value is -1.77. The molecule has 1 N–H and O–H groups in total. The SMILES string of the molecule is Cc1ncsc1CN(C)S(=O)(=O)c1cccc(C(=O)O)c1. The number of carboxylic acid groups (broad SMARTS) is 1. The third-order valence-corrected chi connectivity index (χ3v) is 5.72. The van der Waals surface area contributed by atoms with Crippen molar-refractivity contribution in [3.63, 3.8) is 0 Å². The van der Waals surface area contributed by atoms with Crippen molar-refractivity contribution >= 4 is 27.3 Å². The molecule has 0 radical (unpaired) electrons. The first-order chi connectivity index (χ1) is 9.82. The highest BCUT2D eigenvalue weighted by Gasteiger charge is 2.23. The van der Waals surface area contributed by atoms with Crippen molar-refractivity contribution in [3.05, 3.63) is 45.9 Å². The van der Waals surface area contributed by atoms with Crippen LogP contribution in [0.3, 0.4) is 0 Å². The van der Waals surface area contributed by atoms with Gasteiger partial charge in [-0.3, -0.25) is 0 Å². The number of rotatable bonds is 5. The minimum atomic E-state index is -3.74. The topological polar surface area (TPSA) is 87.6 Å². The number of thiazole rings is 1. The standard InChI is InChI=1S/C13H14N2O4S2/c1-9-12(20-8-14-9)7-15(2)21(18,19)11-5-3-4-10(6-11)13(16)17/h3-6,8H,7H2,1-2H3,(H,16,17). The number of sulfonamides is 1. The van der Waals surface area contributed by atoms with Gasteiger partial charge in [0.15, 0.2) is 0 Å². The second-order valence-corrected chi connectivity index (χ2v) is 7.44. The van der Waals surface area contributed by atoms with Crippen molar-refractivity contribution in [3.8, 4) is 0 Å². The van der Waals surface area contributed by atoms with Gasteiger partial charge in [0.05, 0.1) is 21.7 Å². The minimum absolute atomic E-state index is 0.0351. The van der Waals surface area contributed by atoms with Gasteiger partial charge >= 0.3 is 5.97 Å². The summed E-state index contributed by atoms with van der Waals surface area (Å²) in [6.45, 7) is 2.02. The molecule has 0 bridgehead atoms. The van der Waals surface area contributed by atoms with Gasteiger partial charge in [0.1, 0.15) is 0 Å². The molecule has 0 aliphatic carbocycles. The normalized spacial score (nSPS) is 11.8. The van der Waals surface area contributed by atoms with E-state index in [-0.39, 0.29) is 17.0 Å². The van der Waals surface area contributed by atoms with E-state index in [1.54, 1.807) is 5.51 Å². The quantitative estimate of drug-likeness (QED) is 0.907. The Balaban J connectivity index is 2.31. The number of hydrogen-bond acceptors (Lipinski definition) is 5. The van der Waals surface area contributed by atoms with E-state index in [9.17, 15) is 13.2 Å². The molecular weight excluding hydrogens is 312 g/mol. The van der Waals surface area contributed by atoms with Gasteiger partial charge in [0, 0.05) is 18.5 Å². The van der Waals surface area contributed by atoms with Crippen molar-refractivity contribution in [2.75, 3.05) is 7.05 Å². The molecule has 21 heavy (non-hydrogen) atoms. The maximum absolute atomic E-state index is 12.5. The third-order valence-electron chi connectivity index (χ3n) is 3.00. The Kier molecular flexibility index (Phi) is 4.40. The first kappa shape index (κ1) is 15.6. The number of carbonyl (C=O) groups is 1. The molecule has 112 valence electrons. The fraction of sp³-hybridized carbons (Fsp3) is 0.231. The first-order valence-electron chi connectivity index (χ1n) is 6.01. The molecule has 0 fully saturated rings. The summed E-state index contributed by atoms with van der Waals surface area (Å²) in [5.41, 5.74) is 2.40. The Bertz CT molecular complexity index is 768. The second-order valence-electron chi connectivity index (χ2n) is 4.46. The van der Waals surface area contributed by atoms with Crippen molar-refractivity contribution in [2.45, 2.75) is 18.4 Å². The highest BCUT2D eigenvalue weighted by Crippen LogP contribution is 2.21. The van der Waals surface area contributed by atoms with E-state index in [1.807, 2.05) is 6.92 Å². The molecule has 0 amide bonds. The average molecular weight is 326 g/mol. The van der Waals surface area contributed by atoms with E-state index in [1.165, 1.54) is 40.9 Å². The molecular formula is C13H14N2O4S2. The largest absolute Gasteiger partial charge is 0.478 e. The molecule has 8 heteroatoms. The molecule has 6 nitrogen and oxygen atoms in total. The van der Waals surface area contributed by atoms with E-state index in [2.05, 4.69) is 4.98 Å². The van der Waals surface area contributed by atoms with E-state index >= 15 is 0 Å². The van der Waals surface area contributed by atoms with Gasteiger partial charge in [0.2, 0.25) is 10.0 Å². The van der Waals surface area contributed by atoms with E-state index in [0.717, 1.165) is 16.6 Å². The summed E-state index contributed by atoms with van der Waals surface area (Å²) in [4.78, 5) is 15.8. The van der Waals surface area contributed by atoms with Gasteiger partial charge in [0.25, 0.3) is 0 Å². The van der Waals surface area contributed by atoms with Gasteiger partial charge < -0.3 is 5.11 Å². The van der Waals surface area contributed by atoms with Crippen LogP contribution in [0.4, 0.5) is 0 Å². The minimum Gasteiger partial charge on any atom is -0.478 e. The number of aromatic nitrogens is 1. The fourth-order valence-corrected chi connectivity index (χ4v) is 3.83. The van der Waals surface area contributed by atoms with Crippen molar-refractivity contribution in [1.29, 1.82) is 0 Å². The predicted octanol–water partition coefficient (Wildman–Crippen LogP) is 1.97. The van der Waals surface area contributed by atoms with Crippen LogP contribution in [0.5, 0.6) is 0 Å². The van der Waals surface area contributed by atoms with E-state index in [0.29, 0.717) is 0 Å². The number of benzene rings is 1. The molecule has 1 heterocycles. The summed E-state index contributed by atoms with van der Waals surface area (Å²) in [7, 11) is -2.28. The average Bonchev–Trinajstić information content (AvgIpc) is 2.84.